The normalized spacial score (nSPS) is 23.1. The largest absolute Gasteiger partial charge is 0.343 e. The number of H-pyrrole nitrogens is 1. The van der Waals surface area contributed by atoms with Gasteiger partial charge in [0, 0.05) is 37.6 Å². The van der Waals surface area contributed by atoms with Crippen LogP contribution in [0.5, 0.6) is 0 Å². The van der Waals surface area contributed by atoms with Gasteiger partial charge in [-0.05, 0) is 63.5 Å². The van der Waals surface area contributed by atoms with Crippen LogP contribution in [0.2, 0.25) is 5.02 Å². The highest BCUT2D eigenvalue weighted by Crippen LogP contribution is 2.43. The molecule has 6 rings (SSSR count). The minimum absolute atomic E-state index is 0.122. The molecule has 4 aromatic heterocycles. The van der Waals surface area contributed by atoms with Crippen molar-refractivity contribution in [2.75, 3.05) is 11.4 Å². The van der Waals surface area contributed by atoms with Crippen molar-refractivity contribution in [3.05, 3.63) is 40.0 Å². The molecule has 1 saturated carbocycles. The maximum absolute atomic E-state index is 14.9. The molecule has 1 aliphatic heterocycles. The number of fused-ring (bicyclic) bond motifs is 1. The summed E-state index contributed by atoms with van der Waals surface area (Å²) in [7, 11) is 1.59. The number of aromatic nitrogens is 7. The first kappa shape index (κ1) is 26.9. The fourth-order valence-electron chi connectivity index (χ4n) is 6.58. The molecule has 1 saturated heterocycles. The van der Waals surface area contributed by atoms with Gasteiger partial charge in [-0.3, -0.25) is 9.97 Å². The number of nitrogens with zero attached hydrogens (tertiary/aromatic N) is 7. The molecule has 3 unspecified atom stereocenters. The second kappa shape index (κ2) is 10.6. The number of rotatable bonds is 6. The Bertz CT molecular complexity index is 1580. The number of pyridine rings is 2. The molecule has 0 spiro atoms. The van der Waals surface area contributed by atoms with Gasteiger partial charge < -0.3 is 9.47 Å². The molecule has 40 heavy (non-hydrogen) atoms. The second-order valence-corrected chi connectivity index (χ2v) is 12.1. The van der Waals surface area contributed by atoms with E-state index in [0.29, 0.717) is 28.2 Å². The van der Waals surface area contributed by atoms with Crippen LogP contribution in [-0.4, -0.2) is 53.0 Å². The smallest absolute Gasteiger partial charge is 0.336 e. The van der Waals surface area contributed by atoms with E-state index >= 15 is 0 Å². The zero-order valence-corrected chi connectivity index (χ0v) is 24.2. The average molecular weight is 567 g/mol. The predicted molar refractivity (Wildman–Crippen MR) is 155 cm³/mol. The van der Waals surface area contributed by atoms with Gasteiger partial charge in [-0.25, -0.2) is 23.8 Å². The van der Waals surface area contributed by atoms with Crippen LogP contribution in [0.3, 0.4) is 0 Å². The lowest BCUT2D eigenvalue weighted by atomic mass is 9.79. The van der Waals surface area contributed by atoms with Gasteiger partial charge in [0.15, 0.2) is 5.82 Å². The lowest BCUT2D eigenvalue weighted by Gasteiger charge is -2.35. The number of imidazole rings is 1. The van der Waals surface area contributed by atoms with Crippen molar-refractivity contribution in [2.45, 2.75) is 77.6 Å². The summed E-state index contributed by atoms with van der Waals surface area (Å²) in [5.74, 6) is 2.33. The molecule has 2 aliphatic rings. The highest BCUT2D eigenvalue weighted by atomic mass is 35.5. The van der Waals surface area contributed by atoms with Crippen molar-refractivity contribution in [1.82, 2.24) is 34.3 Å². The summed E-state index contributed by atoms with van der Waals surface area (Å²) in [5, 5.41) is 4.84. The van der Waals surface area contributed by atoms with Gasteiger partial charge >= 0.3 is 5.69 Å². The van der Waals surface area contributed by atoms with Crippen LogP contribution in [-0.2, 0) is 7.05 Å². The molecule has 3 atom stereocenters. The van der Waals surface area contributed by atoms with Crippen LogP contribution < -0.4 is 10.6 Å². The summed E-state index contributed by atoms with van der Waals surface area (Å²) in [5.41, 5.74) is 3.15. The monoisotopic (exact) mass is 566 g/mol. The zero-order chi connectivity index (χ0) is 28.1. The number of anilines is 1. The molecule has 2 fully saturated rings. The molecule has 4 aromatic rings. The number of nitrogens with one attached hydrogen (secondary N) is 1. The molecule has 0 aromatic carbocycles. The number of aromatic amines is 1. The third-order valence-corrected chi connectivity index (χ3v) is 9.08. The van der Waals surface area contributed by atoms with Crippen LogP contribution in [0.1, 0.15) is 65.3 Å². The Balaban J connectivity index is 1.62. The maximum Gasteiger partial charge on any atom is 0.343 e. The molecule has 1 aliphatic carbocycles. The Morgan fingerprint density at radius 2 is 1.88 bits per heavy atom. The minimum Gasteiger partial charge on any atom is -0.336 e. The molecule has 5 heterocycles. The quantitative estimate of drug-likeness (QED) is 0.310. The average Bonchev–Trinajstić information content (AvgIpc) is 3.65. The number of halogens is 2. The van der Waals surface area contributed by atoms with Gasteiger partial charge in [-0.1, -0.05) is 31.4 Å². The van der Waals surface area contributed by atoms with E-state index in [9.17, 15) is 9.18 Å². The third-order valence-electron chi connectivity index (χ3n) is 8.88. The summed E-state index contributed by atoms with van der Waals surface area (Å²) in [4.78, 5) is 31.7. The van der Waals surface area contributed by atoms with Gasteiger partial charge in [0.25, 0.3) is 0 Å². The molecule has 212 valence electrons. The Labute approximate surface area is 237 Å². The molecule has 1 N–H and O–H groups in total. The highest BCUT2D eigenvalue weighted by Gasteiger charge is 2.36. The lowest BCUT2D eigenvalue weighted by molar-refractivity contribution is 0.227. The number of aryl methyl sites for hydroxylation is 1. The van der Waals surface area contributed by atoms with E-state index in [1.54, 1.807) is 26.4 Å². The fraction of sp³-hybridized carbons (Fsp3) is 0.552. The topological polar surface area (TPSA) is 97.5 Å². The Kier molecular flexibility index (Phi) is 7.14. The maximum atomic E-state index is 14.9. The molecule has 0 amide bonds. The summed E-state index contributed by atoms with van der Waals surface area (Å²) in [6.45, 7) is 6.98. The first-order valence-electron chi connectivity index (χ1n) is 14.3. The molecule has 0 bridgehead atoms. The number of hydrogen-bond acceptors (Lipinski definition) is 6. The van der Waals surface area contributed by atoms with Crippen LogP contribution in [0, 0.1) is 11.8 Å². The Morgan fingerprint density at radius 3 is 2.55 bits per heavy atom. The Morgan fingerprint density at radius 1 is 1.10 bits per heavy atom. The van der Waals surface area contributed by atoms with E-state index in [4.69, 9.17) is 21.6 Å². The van der Waals surface area contributed by atoms with Crippen molar-refractivity contribution < 1.29 is 4.39 Å². The summed E-state index contributed by atoms with van der Waals surface area (Å²) in [6, 6.07) is 3.60. The fourth-order valence-corrected chi connectivity index (χ4v) is 6.75. The molecular formula is C29H36ClFN8O. The lowest BCUT2D eigenvalue weighted by Crippen LogP contribution is -2.38. The van der Waals surface area contributed by atoms with Crippen molar-refractivity contribution in [3.63, 3.8) is 0 Å². The van der Waals surface area contributed by atoms with E-state index in [1.165, 1.54) is 17.5 Å². The van der Waals surface area contributed by atoms with E-state index in [-0.39, 0.29) is 17.8 Å². The standard InChI is InChI=1S/C29H36ClFN8O/c1-16-7-9-19(10-8-16)18(3)39-26-22(34-28(39)38-11-5-6-24(38)17(2)31)13-23(27-35-29(40)37(4)36-27)33-25(26)20-12-21(30)15-32-14-20/h12-19,24H,5-11H2,1-4H3,(H,35,36,40). The van der Waals surface area contributed by atoms with Crippen molar-refractivity contribution in [3.8, 4) is 22.8 Å². The minimum atomic E-state index is -0.981. The van der Waals surface area contributed by atoms with Crippen molar-refractivity contribution in [1.29, 1.82) is 0 Å². The van der Waals surface area contributed by atoms with Crippen molar-refractivity contribution >= 4 is 28.6 Å². The Hall–Kier alpha value is -3.27. The molecular weight excluding hydrogens is 531 g/mol. The summed E-state index contributed by atoms with van der Waals surface area (Å²) < 4.78 is 18.4. The van der Waals surface area contributed by atoms with Gasteiger partial charge in [0.1, 0.15) is 11.9 Å². The predicted octanol–water partition coefficient (Wildman–Crippen LogP) is 5.95. The second-order valence-electron chi connectivity index (χ2n) is 11.6. The van der Waals surface area contributed by atoms with E-state index < -0.39 is 6.17 Å². The van der Waals surface area contributed by atoms with E-state index in [2.05, 4.69) is 38.4 Å². The first-order chi connectivity index (χ1) is 19.2. The van der Waals surface area contributed by atoms with Gasteiger partial charge in [-0.15, -0.1) is 5.10 Å². The third kappa shape index (κ3) is 4.80. The molecule has 0 radical (unpaired) electrons. The van der Waals surface area contributed by atoms with E-state index in [1.807, 2.05) is 12.1 Å². The zero-order valence-electron chi connectivity index (χ0n) is 23.4. The van der Waals surface area contributed by atoms with Gasteiger partial charge in [0.05, 0.1) is 27.8 Å². The SMILES string of the molecule is CC1CCC(C(C)n2c(N3CCCC3C(C)F)nc3cc(-c4nn(C)c(=O)[nH]4)nc(-c4cncc(Cl)c4)c32)CC1. The summed E-state index contributed by atoms with van der Waals surface area (Å²) >= 11 is 6.40. The van der Waals surface area contributed by atoms with Crippen LogP contribution in [0.4, 0.5) is 10.3 Å². The van der Waals surface area contributed by atoms with Crippen LogP contribution in [0.25, 0.3) is 33.8 Å². The van der Waals surface area contributed by atoms with Crippen molar-refractivity contribution in [2.24, 2.45) is 18.9 Å². The van der Waals surface area contributed by atoms with Gasteiger partial charge in [0.2, 0.25) is 5.95 Å². The number of hydrogen-bond donors (Lipinski definition) is 1. The summed E-state index contributed by atoms with van der Waals surface area (Å²) in [6.07, 6.45) is 8.74. The van der Waals surface area contributed by atoms with Crippen LogP contribution >= 0.6 is 11.6 Å². The first-order valence-corrected chi connectivity index (χ1v) is 14.7. The van der Waals surface area contributed by atoms with Crippen LogP contribution in [0.15, 0.2) is 29.3 Å². The van der Waals surface area contributed by atoms with E-state index in [0.717, 1.165) is 60.7 Å². The highest BCUT2D eigenvalue weighted by molar-refractivity contribution is 6.30. The van der Waals surface area contributed by atoms with Gasteiger partial charge in [-0.2, -0.15) is 0 Å². The number of alkyl halides is 1. The molecule has 11 heteroatoms. The molecule has 9 nitrogen and oxygen atoms in total.